The molecule has 2 rings (SSSR count). The van der Waals surface area contributed by atoms with E-state index in [0.717, 1.165) is 0 Å². The average molecular weight is 937 g/mol. The molecule has 7 amide bonds. The molecule has 22 nitrogen and oxygen atoms in total. The summed E-state index contributed by atoms with van der Waals surface area (Å²) in [6, 6.07) is 6.84. The minimum atomic E-state index is -1.28. The molecule has 0 bridgehead atoms. The van der Waals surface area contributed by atoms with Gasteiger partial charge >= 0.3 is 0 Å². The molecule has 8 atom stereocenters. The number of primary amides is 1. The van der Waals surface area contributed by atoms with E-state index in [1.54, 1.807) is 49.4 Å². The molecule has 2 aromatic rings. The van der Waals surface area contributed by atoms with Gasteiger partial charge in [0.15, 0.2) is 11.9 Å². The minimum absolute atomic E-state index is 0.00552. The number of rotatable bonds is 29. The van der Waals surface area contributed by atoms with Crippen molar-refractivity contribution in [3.63, 3.8) is 0 Å². The standard InChI is InChI=1S/C45H72N14O8/c1-6-26(4)36(37(47)61)59-41(65)33(15-11-21-53-45(50)51)55-40(64)32(14-10-20-52-44(48)49)56-42(66)34(22-25(2)3)58-43(67)35(24-28-12-8-7-9-13-28)57-38(62)27(5)54-39(63)31(46)23-29-16-18-30(60)19-17-29/h7-9,12-13,16-19,25-27,31-36,60H,6,10-11,14-15,20-24,46H2,1-5H3,(H2,47,61)(H,54,63)(H,55,64)(H,56,66)(H,57,62)(H,58,67)(H,59,65)(H4,48,49,52)(H4,50,51,53)/t26-,27+,31-,32-,33-,34-,35-,36-/m0/s1. The van der Waals surface area contributed by atoms with Gasteiger partial charge in [-0.15, -0.1) is 0 Å². The summed E-state index contributed by atoms with van der Waals surface area (Å²) in [6.07, 6.45) is 1.23. The molecule has 0 aliphatic rings. The van der Waals surface area contributed by atoms with Crippen LogP contribution in [0.3, 0.4) is 0 Å². The molecule has 0 radical (unpaired) electrons. The Morgan fingerprint density at radius 1 is 0.567 bits per heavy atom. The largest absolute Gasteiger partial charge is 0.508 e. The zero-order chi connectivity index (χ0) is 50.2. The van der Waals surface area contributed by atoms with Crippen molar-refractivity contribution in [2.24, 2.45) is 56.2 Å². The number of hydrogen-bond acceptors (Lipinski definition) is 11. The summed E-state index contributed by atoms with van der Waals surface area (Å²) in [5, 5.41) is 25.7. The topological polar surface area (TPSA) is 393 Å². The third kappa shape index (κ3) is 21.3. The summed E-state index contributed by atoms with van der Waals surface area (Å²) in [4.78, 5) is 103. The zero-order valence-electron chi connectivity index (χ0n) is 39.1. The Labute approximate surface area is 392 Å². The Bertz CT molecular complexity index is 1990. The summed E-state index contributed by atoms with van der Waals surface area (Å²) in [7, 11) is 0. The third-order valence-corrected chi connectivity index (χ3v) is 10.7. The van der Waals surface area contributed by atoms with Crippen LogP contribution in [0.2, 0.25) is 0 Å². The lowest BCUT2D eigenvalue weighted by Gasteiger charge is -2.28. The Morgan fingerprint density at radius 2 is 1.03 bits per heavy atom. The highest BCUT2D eigenvalue weighted by Gasteiger charge is 2.34. The molecular weight excluding hydrogens is 865 g/mol. The van der Waals surface area contributed by atoms with E-state index in [2.05, 4.69) is 41.9 Å². The van der Waals surface area contributed by atoms with E-state index in [0.29, 0.717) is 17.5 Å². The third-order valence-electron chi connectivity index (χ3n) is 10.7. The van der Waals surface area contributed by atoms with Crippen LogP contribution < -0.4 is 66.3 Å². The van der Waals surface area contributed by atoms with Crippen LogP contribution in [0.5, 0.6) is 5.75 Å². The highest BCUT2D eigenvalue weighted by Crippen LogP contribution is 2.13. The first-order valence-electron chi connectivity index (χ1n) is 22.4. The van der Waals surface area contributed by atoms with E-state index in [1.165, 1.54) is 19.1 Å². The van der Waals surface area contributed by atoms with E-state index in [9.17, 15) is 38.7 Å². The van der Waals surface area contributed by atoms with Gasteiger partial charge in [-0.1, -0.05) is 76.6 Å². The second-order valence-corrected chi connectivity index (χ2v) is 16.9. The van der Waals surface area contributed by atoms with Gasteiger partial charge in [-0.3, -0.25) is 43.5 Å². The number of carbonyl (C=O) groups is 7. The molecule has 0 saturated heterocycles. The SMILES string of the molecule is CC[C@H](C)[C@H](NC(=O)[C@H](CCCN=C(N)N)NC(=O)[C@H](CCCN=C(N)N)NC(=O)[C@H](CC(C)C)NC(=O)[C@H](Cc1ccccc1)NC(=O)[C@@H](C)NC(=O)[C@@H](N)Cc1ccc(O)cc1)C(N)=O. The average Bonchev–Trinajstić information content (AvgIpc) is 3.27. The van der Waals surface area contributed by atoms with Crippen LogP contribution in [0.25, 0.3) is 0 Å². The van der Waals surface area contributed by atoms with Gasteiger partial charge in [0.2, 0.25) is 41.4 Å². The number of aliphatic imine (C=N–C) groups is 2. The van der Waals surface area contributed by atoms with Gasteiger partial charge in [0, 0.05) is 19.5 Å². The molecule has 0 saturated carbocycles. The molecule has 370 valence electrons. The number of hydrogen-bond donors (Lipinski definition) is 13. The maximum Gasteiger partial charge on any atom is 0.243 e. The number of amides is 7. The minimum Gasteiger partial charge on any atom is -0.508 e. The molecule has 67 heavy (non-hydrogen) atoms. The number of nitrogens with one attached hydrogen (secondary N) is 6. The Kier molecular flexibility index (Phi) is 24.2. The Hall–Kier alpha value is -6.97. The zero-order valence-corrected chi connectivity index (χ0v) is 39.1. The lowest BCUT2D eigenvalue weighted by molar-refractivity contribution is -0.135. The van der Waals surface area contributed by atoms with Crippen molar-refractivity contribution < 1.29 is 38.7 Å². The van der Waals surface area contributed by atoms with Crippen LogP contribution in [0.4, 0.5) is 0 Å². The smallest absolute Gasteiger partial charge is 0.243 e. The number of phenols is 1. The highest BCUT2D eigenvalue weighted by atomic mass is 16.3. The van der Waals surface area contributed by atoms with Crippen LogP contribution in [-0.2, 0) is 46.4 Å². The maximum absolute atomic E-state index is 14.2. The van der Waals surface area contributed by atoms with E-state index in [1.807, 2.05) is 20.8 Å². The monoisotopic (exact) mass is 937 g/mol. The van der Waals surface area contributed by atoms with Crippen LogP contribution in [0.15, 0.2) is 64.6 Å². The second-order valence-electron chi connectivity index (χ2n) is 16.9. The fourth-order valence-electron chi connectivity index (χ4n) is 6.77. The van der Waals surface area contributed by atoms with E-state index >= 15 is 0 Å². The van der Waals surface area contributed by atoms with Crippen LogP contribution in [0, 0.1) is 11.8 Å². The predicted molar refractivity (Wildman–Crippen MR) is 255 cm³/mol. The molecule has 0 aliphatic heterocycles. The Morgan fingerprint density at radius 3 is 1.52 bits per heavy atom. The van der Waals surface area contributed by atoms with E-state index in [-0.39, 0.29) is 87.5 Å². The fraction of sp³-hybridized carbons (Fsp3) is 0.533. The summed E-state index contributed by atoms with van der Waals surface area (Å²) >= 11 is 0. The molecule has 19 N–H and O–H groups in total. The van der Waals surface area contributed by atoms with Crippen molar-refractivity contribution in [2.75, 3.05) is 13.1 Å². The first-order chi connectivity index (χ1) is 31.6. The molecular formula is C45H72N14O8. The van der Waals surface area contributed by atoms with Gasteiger partial charge < -0.3 is 71.4 Å². The highest BCUT2D eigenvalue weighted by molar-refractivity contribution is 5.97. The van der Waals surface area contributed by atoms with Crippen molar-refractivity contribution in [3.8, 4) is 5.75 Å². The van der Waals surface area contributed by atoms with Crippen LogP contribution in [0.1, 0.15) is 84.3 Å². The van der Waals surface area contributed by atoms with Crippen molar-refractivity contribution in [1.82, 2.24) is 31.9 Å². The normalized spacial score (nSPS) is 14.6. The second kappa shape index (κ2) is 28.8. The molecule has 0 fully saturated rings. The summed E-state index contributed by atoms with van der Waals surface area (Å²) in [6.45, 7) is 8.88. The molecule has 2 aromatic carbocycles. The number of phenolic OH excluding ortho intramolecular Hbond substituents is 1. The van der Waals surface area contributed by atoms with Gasteiger partial charge in [-0.25, -0.2) is 0 Å². The first-order valence-corrected chi connectivity index (χ1v) is 22.4. The van der Waals surface area contributed by atoms with Gasteiger partial charge in [0.1, 0.15) is 42.0 Å². The summed E-state index contributed by atoms with van der Waals surface area (Å²) < 4.78 is 0. The summed E-state index contributed by atoms with van der Waals surface area (Å²) in [5.74, 6) is -5.79. The molecule has 0 aromatic heterocycles. The fourth-order valence-corrected chi connectivity index (χ4v) is 6.77. The number of carbonyl (C=O) groups excluding carboxylic acids is 7. The van der Waals surface area contributed by atoms with Crippen LogP contribution >= 0.6 is 0 Å². The molecule has 0 unspecified atom stereocenters. The van der Waals surface area contributed by atoms with Gasteiger partial charge in [-0.2, -0.15) is 0 Å². The number of nitrogens with zero attached hydrogens (tertiary/aromatic N) is 2. The molecule has 0 heterocycles. The van der Waals surface area contributed by atoms with Gasteiger partial charge in [-0.05, 0) is 80.5 Å². The van der Waals surface area contributed by atoms with Crippen molar-refractivity contribution in [3.05, 3.63) is 65.7 Å². The number of aromatic hydroxyl groups is 1. The quantitative estimate of drug-likeness (QED) is 0.0242. The van der Waals surface area contributed by atoms with Crippen molar-refractivity contribution in [1.29, 1.82) is 0 Å². The van der Waals surface area contributed by atoms with Gasteiger partial charge in [0.05, 0.1) is 6.04 Å². The van der Waals surface area contributed by atoms with Crippen molar-refractivity contribution in [2.45, 2.75) is 128 Å². The predicted octanol–water partition coefficient (Wildman–Crippen LogP) is -1.88. The van der Waals surface area contributed by atoms with E-state index < -0.39 is 83.6 Å². The summed E-state index contributed by atoms with van der Waals surface area (Å²) in [5.41, 5.74) is 35.1. The molecule has 22 heteroatoms. The first kappa shape index (κ1) is 56.2. The number of nitrogens with two attached hydrogens (primary N) is 6. The number of benzene rings is 2. The van der Waals surface area contributed by atoms with Gasteiger partial charge in [0.25, 0.3) is 0 Å². The number of guanidine groups is 2. The van der Waals surface area contributed by atoms with E-state index in [4.69, 9.17) is 34.4 Å². The van der Waals surface area contributed by atoms with Crippen molar-refractivity contribution >= 4 is 53.3 Å². The lowest BCUT2D eigenvalue weighted by atomic mass is 9.97. The molecule has 0 aliphatic carbocycles. The lowest BCUT2D eigenvalue weighted by Crippen LogP contribution is -2.60. The molecule has 0 spiro atoms. The maximum atomic E-state index is 14.2. The Balaban J connectivity index is 2.39. The van der Waals surface area contributed by atoms with Crippen LogP contribution in [-0.4, -0.2) is 114 Å².